The quantitative estimate of drug-likeness (QED) is 0.865. The second kappa shape index (κ2) is 6.42. The third-order valence-electron chi connectivity index (χ3n) is 5.65. The van der Waals surface area contributed by atoms with Crippen LogP contribution in [0.4, 0.5) is 14.9 Å². The summed E-state index contributed by atoms with van der Waals surface area (Å²) in [6.45, 7) is 0. The highest BCUT2D eigenvalue weighted by Crippen LogP contribution is 2.41. The lowest BCUT2D eigenvalue weighted by Gasteiger charge is -2.41. The van der Waals surface area contributed by atoms with Crippen LogP contribution in [0.3, 0.4) is 0 Å². The fraction of sp³-hybridized carbons (Fsp3) is 0.421. The lowest BCUT2D eigenvalue weighted by molar-refractivity contribution is 0.151. The summed E-state index contributed by atoms with van der Waals surface area (Å²) >= 11 is 1.49. The Balaban J connectivity index is 1.74. The van der Waals surface area contributed by atoms with E-state index in [1.54, 1.807) is 6.07 Å². The number of amides is 1. The molecule has 2 aromatic rings. The van der Waals surface area contributed by atoms with Gasteiger partial charge in [0.05, 0.1) is 5.69 Å². The van der Waals surface area contributed by atoms with Crippen molar-refractivity contribution in [1.82, 2.24) is 4.90 Å². The van der Waals surface area contributed by atoms with Crippen LogP contribution in [-0.4, -0.2) is 41.3 Å². The summed E-state index contributed by atoms with van der Waals surface area (Å²) in [7, 11) is 2.14. The van der Waals surface area contributed by atoms with Gasteiger partial charge >= 0.3 is 6.09 Å². The molecule has 1 aromatic heterocycles. The number of benzene rings is 1. The number of carbonyl (C=O) groups is 1. The second-order valence-electron chi connectivity index (χ2n) is 6.97. The fourth-order valence-electron chi connectivity index (χ4n) is 4.40. The van der Waals surface area contributed by atoms with E-state index in [-0.39, 0.29) is 11.9 Å². The standard InChI is InChI=1S/C19H21FN2O2S/c1-21-13-5-6-14(21)11-15(10-13)22(19(23)24)17-7-4-12(20)9-16(17)18-3-2-8-25-18/h2-4,7-9,13-15H,5-6,10-11H2,1H3,(H,23,24)/t13-,14+,15?. The number of thiophene rings is 1. The van der Waals surface area contributed by atoms with Crippen molar-refractivity contribution >= 4 is 23.1 Å². The molecule has 0 spiro atoms. The molecule has 0 saturated carbocycles. The van der Waals surface area contributed by atoms with E-state index >= 15 is 0 Å². The maximum Gasteiger partial charge on any atom is 0.412 e. The molecule has 3 heterocycles. The van der Waals surface area contributed by atoms with Crippen LogP contribution in [-0.2, 0) is 0 Å². The molecule has 1 aromatic carbocycles. The molecular weight excluding hydrogens is 339 g/mol. The Morgan fingerprint density at radius 1 is 1.28 bits per heavy atom. The second-order valence-corrected chi connectivity index (χ2v) is 7.91. The highest BCUT2D eigenvalue weighted by molar-refractivity contribution is 7.13. The number of piperidine rings is 1. The van der Waals surface area contributed by atoms with Crippen LogP contribution in [0, 0.1) is 5.82 Å². The van der Waals surface area contributed by atoms with Gasteiger partial charge in [-0.2, -0.15) is 0 Å². The lowest BCUT2D eigenvalue weighted by Crippen LogP contribution is -2.50. The number of anilines is 1. The van der Waals surface area contributed by atoms with Crippen molar-refractivity contribution in [3.63, 3.8) is 0 Å². The summed E-state index contributed by atoms with van der Waals surface area (Å²) in [5.41, 5.74) is 1.24. The van der Waals surface area contributed by atoms with Gasteiger partial charge in [0.15, 0.2) is 0 Å². The molecule has 2 saturated heterocycles. The van der Waals surface area contributed by atoms with Gasteiger partial charge in [-0.1, -0.05) is 6.07 Å². The zero-order valence-electron chi connectivity index (χ0n) is 14.1. The zero-order valence-corrected chi connectivity index (χ0v) is 14.9. The van der Waals surface area contributed by atoms with Gasteiger partial charge in [-0.15, -0.1) is 11.3 Å². The molecule has 2 aliphatic rings. The third kappa shape index (κ3) is 2.93. The SMILES string of the molecule is CN1[C@@H]2CC[C@H]1CC(N(C(=O)O)c1ccc(F)cc1-c1cccs1)C2. The molecule has 2 bridgehead atoms. The first-order valence-corrected chi connectivity index (χ1v) is 9.50. The van der Waals surface area contributed by atoms with E-state index in [0.717, 1.165) is 30.6 Å². The summed E-state index contributed by atoms with van der Waals surface area (Å²) in [5, 5.41) is 11.9. The molecule has 6 heteroatoms. The molecule has 1 amide bonds. The van der Waals surface area contributed by atoms with Crippen molar-refractivity contribution in [1.29, 1.82) is 0 Å². The fourth-order valence-corrected chi connectivity index (χ4v) is 5.15. The maximum atomic E-state index is 13.9. The van der Waals surface area contributed by atoms with E-state index in [9.17, 15) is 14.3 Å². The molecule has 3 atom stereocenters. The Bertz CT molecular complexity index is 766. The van der Waals surface area contributed by atoms with Gasteiger partial charge in [-0.3, -0.25) is 4.90 Å². The average molecular weight is 360 g/mol. The number of hydrogen-bond acceptors (Lipinski definition) is 3. The predicted molar refractivity (Wildman–Crippen MR) is 97.8 cm³/mol. The Morgan fingerprint density at radius 3 is 2.60 bits per heavy atom. The first kappa shape index (κ1) is 16.5. The van der Waals surface area contributed by atoms with Crippen molar-refractivity contribution in [2.24, 2.45) is 0 Å². The van der Waals surface area contributed by atoms with Gasteiger partial charge in [0.2, 0.25) is 0 Å². The number of nitrogens with zero attached hydrogens (tertiary/aromatic N) is 2. The molecule has 0 aliphatic carbocycles. The lowest BCUT2D eigenvalue weighted by atomic mass is 9.95. The van der Waals surface area contributed by atoms with Gasteiger partial charge in [0, 0.05) is 28.6 Å². The van der Waals surface area contributed by atoms with Crippen molar-refractivity contribution in [3.8, 4) is 10.4 Å². The minimum absolute atomic E-state index is 0.0598. The molecule has 2 fully saturated rings. The van der Waals surface area contributed by atoms with Gasteiger partial charge in [0.1, 0.15) is 5.82 Å². The summed E-state index contributed by atoms with van der Waals surface area (Å²) in [5.74, 6) is -0.346. The van der Waals surface area contributed by atoms with Crippen LogP contribution in [0.2, 0.25) is 0 Å². The Labute approximate surface area is 150 Å². The van der Waals surface area contributed by atoms with E-state index in [1.807, 2.05) is 17.5 Å². The first-order chi connectivity index (χ1) is 12.0. The Kier molecular flexibility index (Phi) is 4.25. The van der Waals surface area contributed by atoms with Crippen LogP contribution in [0.1, 0.15) is 25.7 Å². The van der Waals surface area contributed by atoms with Crippen LogP contribution in [0.15, 0.2) is 35.7 Å². The summed E-state index contributed by atoms with van der Waals surface area (Å²) < 4.78 is 13.9. The minimum atomic E-state index is -0.960. The van der Waals surface area contributed by atoms with E-state index in [0.29, 0.717) is 23.3 Å². The average Bonchev–Trinajstić information content (AvgIpc) is 3.16. The minimum Gasteiger partial charge on any atom is -0.465 e. The van der Waals surface area contributed by atoms with Gasteiger partial charge in [0.25, 0.3) is 0 Å². The molecule has 25 heavy (non-hydrogen) atoms. The van der Waals surface area contributed by atoms with Gasteiger partial charge in [-0.05, 0) is 62.4 Å². The predicted octanol–water partition coefficient (Wildman–Crippen LogP) is 4.66. The van der Waals surface area contributed by atoms with Crippen molar-refractivity contribution in [3.05, 3.63) is 41.5 Å². The molecular formula is C19H21FN2O2S. The summed E-state index contributed by atoms with van der Waals surface area (Å²) in [6, 6.07) is 9.03. The first-order valence-electron chi connectivity index (χ1n) is 8.62. The van der Waals surface area contributed by atoms with Gasteiger partial charge in [-0.25, -0.2) is 9.18 Å². The maximum absolute atomic E-state index is 13.9. The van der Waals surface area contributed by atoms with E-state index < -0.39 is 6.09 Å². The Morgan fingerprint density at radius 2 is 2.00 bits per heavy atom. The summed E-state index contributed by atoms with van der Waals surface area (Å²) in [4.78, 5) is 16.9. The Hall–Kier alpha value is -1.92. The van der Waals surface area contributed by atoms with Crippen LogP contribution in [0.25, 0.3) is 10.4 Å². The highest BCUT2D eigenvalue weighted by atomic mass is 32.1. The summed E-state index contributed by atoms with van der Waals surface area (Å²) in [6.07, 6.45) is 2.97. The van der Waals surface area contributed by atoms with Crippen LogP contribution >= 0.6 is 11.3 Å². The molecule has 4 rings (SSSR count). The monoisotopic (exact) mass is 360 g/mol. The van der Waals surface area contributed by atoms with E-state index in [1.165, 1.54) is 28.4 Å². The molecule has 4 nitrogen and oxygen atoms in total. The van der Waals surface area contributed by atoms with Crippen molar-refractivity contribution < 1.29 is 14.3 Å². The topological polar surface area (TPSA) is 43.8 Å². The van der Waals surface area contributed by atoms with Crippen molar-refractivity contribution in [2.45, 2.75) is 43.8 Å². The molecule has 1 N–H and O–H groups in total. The number of halogens is 1. The van der Waals surface area contributed by atoms with Gasteiger partial charge < -0.3 is 10.0 Å². The molecule has 0 radical (unpaired) electrons. The van der Waals surface area contributed by atoms with Crippen LogP contribution < -0.4 is 4.90 Å². The molecule has 1 unspecified atom stereocenters. The van der Waals surface area contributed by atoms with Crippen molar-refractivity contribution in [2.75, 3.05) is 11.9 Å². The number of fused-ring (bicyclic) bond motifs is 2. The number of rotatable bonds is 3. The molecule has 132 valence electrons. The smallest absolute Gasteiger partial charge is 0.412 e. The van der Waals surface area contributed by atoms with E-state index in [4.69, 9.17) is 0 Å². The normalized spacial score (nSPS) is 25.9. The largest absolute Gasteiger partial charge is 0.465 e. The molecule has 2 aliphatic heterocycles. The number of hydrogen-bond donors (Lipinski definition) is 1. The van der Waals surface area contributed by atoms with E-state index in [2.05, 4.69) is 11.9 Å². The number of carboxylic acid groups (broad SMARTS) is 1. The zero-order chi connectivity index (χ0) is 17.6. The highest BCUT2D eigenvalue weighted by Gasteiger charge is 2.42. The van der Waals surface area contributed by atoms with Crippen LogP contribution in [0.5, 0.6) is 0 Å². The third-order valence-corrected chi connectivity index (χ3v) is 6.55.